The van der Waals surface area contributed by atoms with Gasteiger partial charge in [0.25, 0.3) is 0 Å². The second kappa shape index (κ2) is 8.27. The average Bonchev–Trinajstić information content (AvgIpc) is 3.24. The van der Waals surface area contributed by atoms with E-state index in [0.717, 1.165) is 48.7 Å². The first kappa shape index (κ1) is 19.5. The van der Waals surface area contributed by atoms with Crippen molar-refractivity contribution in [1.82, 2.24) is 14.5 Å². The number of carbonyl (C=O) groups is 1. The Morgan fingerprint density at radius 1 is 1.14 bits per heavy atom. The van der Waals surface area contributed by atoms with Crippen LogP contribution in [-0.4, -0.2) is 40.1 Å². The predicted molar refractivity (Wildman–Crippen MR) is 115 cm³/mol. The number of ether oxygens (including phenoxy) is 1. The Balaban J connectivity index is 1.49. The van der Waals surface area contributed by atoms with Gasteiger partial charge in [-0.15, -0.1) is 0 Å². The molecule has 0 radical (unpaired) electrons. The number of benzene rings is 2. The van der Waals surface area contributed by atoms with Gasteiger partial charge in [-0.2, -0.15) is 0 Å². The van der Waals surface area contributed by atoms with E-state index in [1.807, 2.05) is 17.9 Å². The van der Waals surface area contributed by atoms with Crippen LogP contribution in [0.3, 0.4) is 0 Å². The minimum absolute atomic E-state index is 0.162. The maximum Gasteiger partial charge on any atom is 0.223 e. The summed E-state index contributed by atoms with van der Waals surface area (Å²) in [5.41, 5.74) is 4.57. The van der Waals surface area contributed by atoms with Gasteiger partial charge in [0, 0.05) is 32.0 Å². The second-order valence-corrected chi connectivity index (χ2v) is 7.97. The highest BCUT2D eigenvalue weighted by Crippen LogP contribution is 2.30. The van der Waals surface area contributed by atoms with Gasteiger partial charge >= 0.3 is 0 Å². The van der Waals surface area contributed by atoms with Gasteiger partial charge in [-0.05, 0) is 62.6 Å². The Morgan fingerprint density at radius 3 is 2.62 bits per heavy atom. The van der Waals surface area contributed by atoms with Crippen molar-refractivity contribution in [3.63, 3.8) is 0 Å². The maximum atomic E-state index is 12.3. The highest BCUT2D eigenvalue weighted by molar-refractivity contribution is 5.80. The van der Waals surface area contributed by atoms with E-state index in [-0.39, 0.29) is 11.8 Å². The first-order valence-electron chi connectivity index (χ1n) is 10.5. The van der Waals surface area contributed by atoms with Crippen LogP contribution >= 0.6 is 0 Å². The number of aryl methyl sites for hydroxylation is 3. The molecule has 5 nitrogen and oxygen atoms in total. The van der Waals surface area contributed by atoms with Gasteiger partial charge in [0.2, 0.25) is 5.91 Å². The highest BCUT2D eigenvalue weighted by atomic mass is 16.5. The lowest BCUT2D eigenvalue weighted by molar-refractivity contribution is -0.127. The molecule has 0 bridgehead atoms. The Labute approximate surface area is 172 Å². The summed E-state index contributed by atoms with van der Waals surface area (Å²) in [6.45, 7) is 9.22. The molecule has 0 N–H and O–H groups in total. The minimum atomic E-state index is 0.162. The van der Waals surface area contributed by atoms with Crippen molar-refractivity contribution in [3.05, 3.63) is 59.4 Å². The zero-order chi connectivity index (χ0) is 20.4. The molecule has 0 aliphatic carbocycles. The summed E-state index contributed by atoms with van der Waals surface area (Å²) in [5.74, 6) is 2.35. The van der Waals surface area contributed by atoms with Gasteiger partial charge in [0.05, 0.1) is 17.6 Å². The molecule has 2 heterocycles. The lowest BCUT2D eigenvalue weighted by atomic mass is 10.1. The van der Waals surface area contributed by atoms with Crippen LogP contribution in [0.1, 0.15) is 42.6 Å². The molecule has 3 aromatic rings. The summed E-state index contributed by atoms with van der Waals surface area (Å²) in [6.07, 6.45) is 1.44. The van der Waals surface area contributed by atoms with Crippen LogP contribution in [0.25, 0.3) is 11.0 Å². The summed E-state index contributed by atoms with van der Waals surface area (Å²) in [5, 5.41) is 0. The van der Waals surface area contributed by atoms with E-state index < -0.39 is 0 Å². The summed E-state index contributed by atoms with van der Waals surface area (Å²) in [4.78, 5) is 19.1. The van der Waals surface area contributed by atoms with Crippen LogP contribution in [0.15, 0.2) is 42.5 Å². The maximum absolute atomic E-state index is 12.3. The Bertz CT molecular complexity index is 1000. The van der Waals surface area contributed by atoms with Gasteiger partial charge in [0.1, 0.15) is 11.6 Å². The summed E-state index contributed by atoms with van der Waals surface area (Å²) < 4.78 is 8.29. The number of hydrogen-bond donors (Lipinski definition) is 0. The van der Waals surface area contributed by atoms with Crippen LogP contribution in [-0.2, 0) is 11.3 Å². The second-order valence-electron chi connectivity index (χ2n) is 7.97. The molecular formula is C24H29N3O2. The normalized spacial score (nSPS) is 16.7. The van der Waals surface area contributed by atoms with Crippen molar-refractivity contribution in [2.75, 3.05) is 19.7 Å². The molecule has 1 amide bonds. The number of amides is 1. The van der Waals surface area contributed by atoms with Gasteiger partial charge in [0.15, 0.2) is 0 Å². The Hall–Kier alpha value is -2.82. The molecular weight excluding hydrogens is 362 g/mol. The average molecular weight is 392 g/mol. The molecule has 1 aliphatic rings. The highest BCUT2D eigenvalue weighted by Gasteiger charge is 2.32. The smallest absolute Gasteiger partial charge is 0.223 e. The number of fused-ring (bicyclic) bond motifs is 1. The minimum Gasteiger partial charge on any atom is -0.494 e. The van der Waals surface area contributed by atoms with Crippen LogP contribution in [0.4, 0.5) is 0 Å². The van der Waals surface area contributed by atoms with Crippen LogP contribution < -0.4 is 4.74 Å². The van der Waals surface area contributed by atoms with E-state index >= 15 is 0 Å². The van der Waals surface area contributed by atoms with Crippen LogP contribution in [0.2, 0.25) is 0 Å². The number of aromatic nitrogens is 2. The largest absolute Gasteiger partial charge is 0.494 e. The molecule has 4 rings (SSSR count). The number of carbonyl (C=O) groups excluding carboxylic acids is 1. The fourth-order valence-corrected chi connectivity index (χ4v) is 4.32. The fourth-order valence-electron chi connectivity index (χ4n) is 4.32. The Kier molecular flexibility index (Phi) is 5.56. The molecule has 1 fully saturated rings. The summed E-state index contributed by atoms with van der Waals surface area (Å²) >= 11 is 0. The van der Waals surface area contributed by atoms with E-state index in [1.165, 1.54) is 11.1 Å². The van der Waals surface area contributed by atoms with Crippen molar-refractivity contribution in [2.45, 2.75) is 46.1 Å². The number of imidazole rings is 1. The summed E-state index contributed by atoms with van der Waals surface area (Å²) in [6, 6.07) is 14.5. The number of hydrogen-bond acceptors (Lipinski definition) is 3. The molecule has 29 heavy (non-hydrogen) atoms. The fraction of sp³-hybridized carbons (Fsp3) is 0.417. The number of rotatable bonds is 7. The van der Waals surface area contributed by atoms with E-state index in [4.69, 9.17) is 9.72 Å². The van der Waals surface area contributed by atoms with Crippen LogP contribution in [0, 0.1) is 13.8 Å². The molecule has 5 heteroatoms. The molecule has 2 aromatic carbocycles. The number of nitrogens with zero attached hydrogens (tertiary/aromatic N) is 3. The van der Waals surface area contributed by atoms with Gasteiger partial charge < -0.3 is 14.2 Å². The predicted octanol–water partition coefficient (Wildman–Crippen LogP) is 4.46. The molecule has 0 spiro atoms. The molecule has 1 unspecified atom stereocenters. The SMILES string of the molecule is CCN1CC(c2nc3ccccc3n2CCCOc2cc(C)cc(C)c2)CC1=O. The lowest BCUT2D eigenvalue weighted by Crippen LogP contribution is -2.24. The molecule has 1 aliphatic heterocycles. The van der Waals surface area contributed by atoms with Crippen molar-refractivity contribution in [1.29, 1.82) is 0 Å². The van der Waals surface area contributed by atoms with Gasteiger partial charge in [-0.3, -0.25) is 4.79 Å². The van der Waals surface area contributed by atoms with Gasteiger partial charge in [-0.25, -0.2) is 4.98 Å². The zero-order valence-electron chi connectivity index (χ0n) is 17.5. The molecule has 1 atom stereocenters. The van der Waals surface area contributed by atoms with Crippen molar-refractivity contribution in [2.24, 2.45) is 0 Å². The molecule has 1 saturated heterocycles. The number of likely N-dealkylation sites (N-methyl/N-ethyl adjacent to an activating group) is 1. The van der Waals surface area contributed by atoms with E-state index in [2.05, 4.69) is 54.8 Å². The first-order chi connectivity index (χ1) is 14.0. The van der Waals surface area contributed by atoms with Gasteiger partial charge in [-0.1, -0.05) is 18.2 Å². The van der Waals surface area contributed by atoms with E-state index in [0.29, 0.717) is 13.0 Å². The zero-order valence-corrected chi connectivity index (χ0v) is 17.5. The first-order valence-corrected chi connectivity index (χ1v) is 10.5. The molecule has 1 aromatic heterocycles. The molecule has 0 saturated carbocycles. The third-order valence-corrected chi connectivity index (χ3v) is 5.64. The quantitative estimate of drug-likeness (QED) is 0.559. The molecule has 152 valence electrons. The monoisotopic (exact) mass is 391 g/mol. The van der Waals surface area contributed by atoms with E-state index in [1.54, 1.807) is 0 Å². The van der Waals surface area contributed by atoms with Crippen molar-refractivity contribution in [3.8, 4) is 5.75 Å². The van der Waals surface area contributed by atoms with E-state index in [9.17, 15) is 4.79 Å². The third kappa shape index (κ3) is 4.14. The Morgan fingerprint density at radius 2 is 1.90 bits per heavy atom. The van der Waals surface area contributed by atoms with Crippen molar-refractivity contribution >= 4 is 16.9 Å². The van der Waals surface area contributed by atoms with Crippen molar-refractivity contribution < 1.29 is 9.53 Å². The standard InChI is InChI=1S/C24H29N3O2/c1-4-26-16-19(15-23(26)28)24-25-21-8-5-6-9-22(21)27(24)10-7-11-29-20-13-17(2)12-18(3)14-20/h5-6,8-9,12-14,19H,4,7,10-11,15-16H2,1-3H3. The summed E-state index contributed by atoms with van der Waals surface area (Å²) in [7, 11) is 0. The number of para-hydroxylation sites is 2. The topological polar surface area (TPSA) is 47.4 Å². The number of likely N-dealkylation sites (tertiary alicyclic amines) is 1. The lowest BCUT2D eigenvalue weighted by Gasteiger charge is -2.15. The van der Waals surface area contributed by atoms with Crippen LogP contribution in [0.5, 0.6) is 5.75 Å². The third-order valence-electron chi connectivity index (χ3n) is 5.64.